The van der Waals surface area contributed by atoms with Gasteiger partial charge in [-0.15, -0.1) is 0 Å². The van der Waals surface area contributed by atoms with Crippen molar-refractivity contribution in [1.29, 1.82) is 5.26 Å². The second-order valence-electron chi connectivity index (χ2n) is 6.15. The predicted molar refractivity (Wildman–Crippen MR) is 93.0 cm³/mol. The van der Waals surface area contributed by atoms with Crippen molar-refractivity contribution in [3.8, 4) is 6.07 Å². The number of fused-ring (bicyclic) bond motifs is 2. The van der Waals surface area contributed by atoms with Crippen LogP contribution in [0.3, 0.4) is 0 Å². The summed E-state index contributed by atoms with van der Waals surface area (Å²) in [6.07, 6.45) is 0. The molecule has 0 amide bonds. The van der Waals surface area contributed by atoms with E-state index in [-0.39, 0.29) is 11.7 Å². The zero-order valence-corrected chi connectivity index (χ0v) is 13.6. The second kappa shape index (κ2) is 5.21. The van der Waals surface area contributed by atoms with Gasteiger partial charge in [0.25, 0.3) is 0 Å². The highest BCUT2D eigenvalue weighted by molar-refractivity contribution is 6.22. The Bertz CT molecular complexity index is 961. The molecule has 2 aromatic carbocycles. The van der Waals surface area contributed by atoms with Crippen molar-refractivity contribution in [3.63, 3.8) is 0 Å². The van der Waals surface area contributed by atoms with Crippen molar-refractivity contribution in [2.75, 3.05) is 7.05 Å². The number of Topliss-reactive ketones (excluding diaryl/α,β-unsaturated/α-hetero) is 1. The highest BCUT2D eigenvalue weighted by Crippen LogP contribution is 2.49. The molecular weight excluding hydrogens is 296 g/mol. The van der Waals surface area contributed by atoms with Crippen molar-refractivity contribution in [2.45, 2.75) is 12.8 Å². The summed E-state index contributed by atoms with van der Waals surface area (Å²) >= 11 is 0. The lowest BCUT2D eigenvalue weighted by Crippen LogP contribution is -2.26. The average molecular weight is 312 g/mol. The quantitative estimate of drug-likeness (QED) is 0.795. The van der Waals surface area contributed by atoms with Crippen LogP contribution < -0.4 is 0 Å². The molecule has 1 aliphatic heterocycles. The van der Waals surface area contributed by atoms with Crippen LogP contribution in [-0.2, 0) is 0 Å². The maximum Gasteiger partial charge on any atom is 0.192 e. The molecule has 2 aliphatic rings. The molecule has 24 heavy (non-hydrogen) atoms. The number of benzene rings is 2. The number of hydrogen-bond donors (Lipinski definition) is 0. The number of carbonyl (C=O) groups excluding carboxylic acids is 1. The molecule has 0 unspecified atom stereocenters. The summed E-state index contributed by atoms with van der Waals surface area (Å²) in [6.45, 7) is 1.95. The third-order valence-corrected chi connectivity index (χ3v) is 4.99. The van der Waals surface area contributed by atoms with Gasteiger partial charge in [0.1, 0.15) is 0 Å². The Morgan fingerprint density at radius 1 is 1.00 bits per heavy atom. The minimum absolute atomic E-state index is 0.0292. The first-order valence-corrected chi connectivity index (χ1v) is 7.93. The monoisotopic (exact) mass is 312 g/mol. The Morgan fingerprint density at radius 2 is 1.62 bits per heavy atom. The van der Waals surface area contributed by atoms with Gasteiger partial charge in [-0.1, -0.05) is 54.6 Å². The van der Waals surface area contributed by atoms with Gasteiger partial charge in [-0.05, 0) is 12.5 Å². The SMILES string of the molecule is CC1=C(C#N)[C@H](c2ccccc2)C2=C(c3ccccc3C2=O)N1C. The van der Waals surface area contributed by atoms with Crippen LogP contribution in [0.1, 0.15) is 34.3 Å². The van der Waals surface area contributed by atoms with Gasteiger partial charge in [-0.3, -0.25) is 4.79 Å². The number of carbonyl (C=O) groups is 1. The first-order chi connectivity index (χ1) is 11.6. The van der Waals surface area contributed by atoms with Crippen molar-refractivity contribution < 1.29 is 4.79 Å². The van der Waals surface area contributed by atoms with E-state index in [9.17, 15) is 10.1 Å². The molecule has 0 aromatic heterocycles. The van der Waals surface area contributed by atoms with E-state index in [0.29, 0.717) is 11.1 Å². The van der Waals surface area contributed by atoms with Crippen LogP contribution in [0.4, 0.5) is 0 Å². The lowest BCUT2D eigenvalue weighted by molar-refractivity contribution is 0.103. The van der Waals surface area contributed by atoms with E-state index in [2.05, 4.69) is 6.07 Å². The van der Waals surface area contributed by atoms with Crippen LogP contribution in [0.15, 0.2) is 71.4 Å². The molecule has 4 rings (SSSR count). The van der Waals surface area contributed by atoms with Gasteiger partial charge in [-0.2, -0.15) is 5.26 Å². The third kappa shape index (κ3) is 1.80. The van der Waals surface area contributed by atoms with Crippen molar-refractivity contribution >= 4 is 11.5 Å². The standard InChI is InChI=1S/C21H16N2O/c1-13-17(12-22)18(14-8-4-3-5-9-14)19-20(23(13)2)15-10-6-7-11-16(15)21(19)24/h3-11,18H,1-2H3/t18-/m0/s1. The molecular formula is C21H16N2O. The van der Waals surface area contributed by atoms with Gasteiger partial charge in [0, 0.05) is 29.4 Å². The summed E-state index contributed by atoms with van der Waals surface area (Å²) < 4.78 is 0. The van der Waals surface area contributed by atoms with Gasteiger partial charge in [0.05, 0.1) is 23.3 Å². The normalized spacial score (nSPS) is 19.3. The van der Waals surface area contributed by atoms with Crippen molar-refractivity contribution in [3.05, 3.63) is 88.1 Å². The van der Waals surface area contributed by atoms with Crippen molar-refractivity contribution in [2.24, 2.45) is 0 Å². The summed E-state index contributed by atoms with van der Waals surface area (Å²) in [5.74, 6) is -0.274. The van der Waals surface area contributed by atoms with Gasteiger partial charge in [0.2, 0.25) is 0 Å². The molecule has 1 heterocycles. The lowest BCUT2D eigenvalue weighted by Gasteiger charge is -2.33. The number of nitrogens with zero attached hydrogens (tertiary/aromatic N) is 2. The average Bonchev–Trinajstić information content (AvgIpc) is 2.92. The minimum Gasteiger partial charge on any atom is -0.347 e. The van der Waals surface area contributed by atoms with Gasteiger partial charge in [0.15, 0.2) is 5.78 Å². The van der Waals surface area contributed by atoms with E-state index in [4.69, 9.17) is 0 Å². The Labute approximate surface area is 141 Å². The zero-order chi connectivity index (χ0) is 16.8. The molecule has 1 atom stereocenters. The summed E-state index contributed by atoms with van der Waals surface area (Å²) in [5, 5.41) is 9.77. The van der Waals surface area contributed by atoms with E-state index < -0.39 is 0 Å². The summed E-state index contributed by atoms with van der Waals surface area (Å²) in [4.78, 5) is 15.1. The van der Waals surface area contributed by atoms with Crippen LogP contribution in [-0.4, -0.2) is 17.7 Å². The van der Waals surface area contributed by atoms with E-state index in [1.807, 2.05) is 73.5 Å². The molecule has 0 N–H and O–H groups in total. The maximum atomic E-state index is 13.1. The largest absolute Gasteiger partial charge is 0.347 e. The van der Waals surface area contributed by atoms with Gasteiger partial charge < -0.3 is 4.90 Å². The second-order valence-corrected chi connectivity index (χ2v) is 6.15. The number of ketones is 1. The van der Waals surface area contributed by atoms with Crippen LogP contribution in [0.5, 0.6) is 0 Å². The summed E-state index contributed by atoms with van der Waals surface area (Å²) in [6, 6.07) is 19.9. The minimum atomic E-state index is -0.303. The Hall–Kier alpha value is -3.12. The fourth-order valence-electron chi connectivity index (χ4n) is 3.74. The van der Waals surface area contributed by atoms with E-state index in [0.717, 1.165) is 28.1 Å². The fraction of sp³-hybridized carbons (Fsp3) is 0.143. The van der Waals surface area contributed by atoms with Crippen molar-refractivity contribution in [1.82, 2.24) is 4.90 Å². The highest BCUT2D eigenvalue weighted by atomic mass is 16.1. The molecule has 2 aromatic rings. The van der Waals surface area contributed by atoms with Crippen LogP contribution in [0.25, 0.3) is 5.70 Å². The van der Waals surface area contributed by atoms with E-state index >= 15 is 0 Å². The maximum absolute atomic E-state index is 13.1. The number of rotatable bonds is 1. The molecule has 3 nitrogen and oxygen atoms in total. The highest BCUT2D eigenvalue weighted by Gasteiger charge is 2.42. The Balaban J connectivity index is 2.02. The van der Waals surface area contributed by atoms with E-state index in [1.165, 1.54) is 0 Å². The number of nitriles is 1. The molecule has 0 radical (unpaired) electrons. The first-order valence-electron chi connectivity index (χ1n) is 7.93. The lowest BCUT2D eigenvalue weighted by atomic mass is 9.80. The first kappa shape index (κ1) is 14.5. The smallest absolute Gasteiger partial charge is 0.192 e. The van der Waals surface area contributed by atoms with E-state index in [1.54, 1.807) is 0 Å². The Morgan fingerprint density at radius 3 is 2.29 bits per heavy atom. The summed E-state index contributed by atoms with van der Waals surface area (Å²) in [7, 11) is 1.93. The molecule has 0 bridgehead atoms. The van der Waals surface area contributed by atoms with Crippen LogP contribution in [0, 0.1) is 11.3 Å². The van der Waals surface area contributed by atoms with Gasteiger partial charge in [-0.25, -0.2) is 0 Å². The number of allylic oxidation sites excluding steroid dienone is 3. The Kier molecular flexibility index (Phi) is 3.14. The molecule has 0 saturated heterocycles. The third-order valence-electron chi connectivity index (χ3n) is 4.99. The molecule has 0 fully saturated rings. The fourth-order valence-corrected chi connectivity index (χ4v) is 3.74. The number of hydrogen-bond acceptors (Lipinski definition) is 3. The molecule has 3 heteroatoms. The zero-order valence-electron chi connectivity index (χ0n) is 13.6. The topological polar surface area (TPSA) is 44.1 Å². The predicted octanol–water partition coefficient (Wildman–Crippen LogP) is 4.12. The molecule has 0 spiro atoms. The molecule has 116 valence electrons. The van der Waals surface area contributed by atoms with Gasteiger partial charge >= 0.3 is 0 Å². The molecule has 1 aliphatic carbocycles. The van der Waals surface area contributed by atoms with Crippen LogP contribution in [0.2, 0.25) is 0 Å². The molecule has 0 saturated carbocycles. The summed E-state index contributed by atoms with van der Waals surface area (Å²) in [5.41, 5.74) is 5.85. The van der Waals surface area contributed by atoms with Crippen LogP contribution >= 0.6 is 0 Å².